The number of carbonyl (C=O) groups is 1. The number of rotatable bonds is 5. The average molecular weight is 413 g/mol. The van der Waals surface area contributed by atoms with E-state index in [1.54, 1.807) is 18.6 Å². The first-order valence-electron chi connectivity index (χ1n) is 9.53. The van der Waals surface area contributed by atoms with E-state index in [0.29, 0.717) is 41.9 Å². The molecule has 150 valence electrons. The maximum atomic E-state index is 12.5. The zero-order valence-electron chi connectivity index (χ0n) is 15.8. The Labute approximate surface area is 173 Å². The molecule has 1 aromatic carbocycles. The van der Waals surface area contributed by atoms with E-state index in [2.05, 4.69) is 25.4 Å². The highest BCUT2D eigenvalue weighted by atomic mass is 35.5. The molecule has 2 aromatic heterocycles. The summed E-state index contributed by atoms with van der Waals surface area (Å²) in [4.78, 5) is 27.0. The summed E-state index contributed by atoms with van der Waals surface area (Å²) in [6, 6.07) is 7.40. The van der Waals surface area contributed by atoms with Gasteiger partial charge in [-0.05, 0) is 36.5 Å². The van der Waals surface area contributed by atoms with Crippen molar-refractivity contribution in [2.45, 2.75) is 25.8 Å². The van der Waals surface area contributed by atoms with Gasteiger partial charge in [0.2, 0.25) is 11.7 Å². The number of likely N-dealkylation sites (tertiary alicyclic amines) is 1. The molecule has 0 radical (unpaired) electrons. The van der Waals surface area contributed by atoms with Crippen LogP contribution in [-0.2, 0) is 13.0 Å². The Kier molecular flexibility index (Phi) is 6.00. The highest BCUT2D eigenvalue weighted by Crippen LogP contribution is 2.21. The third kappa shape index (κ3) is 5.08. The molecule has 1 saturated heterocycles. The summed E-state index contributed by atoms with van der Waals surface area (Å²) in [7, 11) is 0. The van der Waals surface area contributed by atoms with Crippen molar-refractivity contribution in [2.24, 2.45) is 5.92 Å². The van der Waals surface area contributed by atoms with Crippen molar-refractivity contribution in [3.05, 3.63) is 59.3 Å². The van der Waals surface area contributed by atoms with Gasteiger partial charge in [-0.25, -0.2) is 9.78 Å². The quantitative estimate of drug-likeness (QED) is 0.690. The predicted octanol–water partition coefficient (Wildman–Crippen LogP) is 3.34. The molecule has 4 rings (SSSR count). The van der Waals surface area contributed by atoms with Gasteiger partial charge in [0.15, 0.2) is 0 Å². The molecule has 9 heteroatoms. The van der Waals surface area contributed by atoms with Gasteiger partial charge in [0.1, 0.15) is 5.69 Å². The molecular weight excluding hydrogens is 392 g/mol. The van der Waals surface area contributed by atoms with Gasteiger partial charge in [0.05, 0.1) is 6.20 Å². The molecule has 0 bridgehead atoms. The fourth-order valence-corrected chi connectivity index (χ4v) is 3.54. The second kappa shape index (κ2) is 9.00. The van der Waals surface area contributed by atoms with Gasteiger partial charge in [0.25, 0.3) is 0 Å². The molecule has 1 aliphatic rings. The van der Waals surface area contributed by atoms with Crippen molar-refractivity contribution in [3.8, 4) is 11.5 Å². The van der Waals surface area contributed by atoms with Crippen molar-refractivity contribution in [1.29, 1.82) is 0 Å². The van der Waals surface area contributed by atoms with Crippen LogP contribution in [0.1, 0.15) is 24.3 Å². The van der Waals surface area contributed by atoms with Gasteiger partial charge in [-0.3, -0.25) is 4.98 Å². The highest BCUT2D eigenvalue weighted by molar-refractivity contribution is 6.30. The number of nitrogens with one attached hydrogen (secondary N) is 1. The Hall–Kier alpha value is -3.00. The number of hydrogen-bond acceptors (Lipinski definition) is 6. The van der Waals surface area contributed by atoms with Crippen LogP contribution in [0.3, 0.4) is 0 Å². The third-order valence-electron chi connectivity index (χ3n) is 4.89. The van der Waals surface area contributed by atoms with Gasteiger partial charge >= 0.3 is 6.03 Å². The molecular formula is C20H21ClN6O2. The summed E-state index contributed by atoms with van der Waals surface area (Å²) in [6.07, 6.45) is 7.39. The summed E-state index contributed by atoms with van der Waals surface area (Å²) >= 11 is 5.90. The number of amides is 2. The number of piperidine rings is 1. The predicted molar refractivity (Wildman–Crippen MR) is 107 cm³/mol. The zero-order chi connectivity index (χ0) is 20.1. The topological polar surface area (TPSA) is 97.0 Å². The lowest BCUT2D eigenvalue weighted by atomic mass is 9.95. The molecule has 8 nitrogen and oxygen atoms in total. The summed E-state index contributed by atoms with van der Waals surface area (Å²) in [6.45, 7) is 1.88. The Morgan fingerprint density at radius 3 is 2.93 bits per heavy atom. The Balaban J connectivity index is 1.30. The fourth-order valence-electron chi connectivity index (χ4n) is 3.41. The lowest BCUT2D eigenvalue weighted by Crippen LogP contribution is -2.45. The van der Waals surface area contributed by atoms with E-state index < -0.39 is 0 Å². The van der Waals surface area contributed by atoms with Crippen molar-refractivity contribution in [3.63, 3.8) is 0 Å². The first kappa shape index (κ1) is 19.3. The molecule has 2 amide bonds. The molecule has 1 unspecified atom stereocenters. The molecule has 29 heavy (non-hydrogen) atoms. The van der Waals surface area contributed by atoms with Crippen molar-refractivity contribution in [1.82, 2.24) is 30.3 Å². The standard InChI is InChI=1S/C20H21ClN6O2/c21-16-5-3-14(4-6-16)11-24-20(28)27-9-1-2-15(13-27)10-18-25-19(26-29-18)17-12-22-7-8-23-17/h3-8,12,15H,1-2,9-11,13H2,(H,24,28). The SMILES string of the molecule is O=C(NCc1ccc(Cl)cc1)N1CCCC(Cc2nc(-c3cnccn3)no2)C1. The van der Waals surface area contributed by atoms with Crippen molar-refractivity contribution >= 4 is 17.6 Å². The molecule has 3 aromatic rings. The summed E-state index contributed by atoms with van der Waals surface area (Å²) in [5.74, 6) is 1.26. The third-order valence-corrected chi connectivity index (χ3v) is 5.14. The van der Waals surface area contributed by atoms with Crippen LogP contribution >= 0.6 is 11.6 Å². The largest absolute Gasteiger partial charge is 0.339 e. The van der Waals surface area contributed by atoms with Crippen LogP contribution in [0.4, 0.5) is 4.79 Å². The minimum atomic E-state index is -0.0598. The van der Waals surface area contributed by atoms with E-state index in [-0.39, 0.29) is 11.9 Å². The van der Waals surface area contributed by atoms with Gasteiger partial charge in [-0.15, -0.1) is 0 Å². The number of hydrogen-bond donors (Lipinski definition) is 1. The maximum Gasteiger partial charge on any atom is 0.317 e. The van der Waals surface area contributed by atoms with Crippen LogP contribution in [0.25, 0.3) is 11.5 Å². The molecule has 1 N–H and O–H groups in total. The summed E-state index contributed by atoms with van der Waals surface area (Å²) in [5.41, 5.74) is 1.59. The highest BCUT2D eigenvalue weighted by Gasteiger charge is 2.25. The molecule has 3 heterocycles. The minimum Gasteiger partial charge on any atom is -0.339 e. The van der Waals surface area contributed by atoms with Crippen LogP contribution in [0.15, 0.2) is 47.4 Å². The van der Waals surface area contributed by atoms with E-state index >= 15 is 0 Å². The van der Waals surface area contributed by atoms with Gasteiger partial charge in [-0.2, -0.15) is 4.98 Å². The summed E-state index contributed by atoms with van der Waals surface area (Å²) < 4.78 is 5.37. The molecule has 1 aliphatic heterocycles. The van der Waals surface area contributed by atoms with E-state index in [9.17, 15) is 4.79 Å². The van der Waals surface area contributed by atoms with Crippen molar-refractivity contribution in [2.75, 3.05) is 13.1 Å². The van der Waals surface area contributed by atoms with Crippen molar-refractivity contribution < 1.29 is 9.32 Å². The monoisotopic (exact) mass is 412 g/mol. The zero-order valence-corrected chi connectivity index (χ0v) is 16.5. The first-order chi connectivity index (χ1) is 14.2. The van der Waals surface area contributed by atoms with Gasteiger partial charge < -0.3 is 14.7 Å². The normalized spacial score (nSPS) is 16.6. The molecule has 1 atom stereocenters. The molecule has 1 fully saturated rings. The lowest BCUT2D eigenvalue weighted by molar-refractivity contribution is 0.161. The van der Waals surface area contributed by atoms with Crippen LogP contribution in [0, 0.1) is 5.92 Å². The van der Waals surface area contributed by atoms with E-state index in [1.165, 1.54) is 0 Å². The minimum absolute atomic E-state index is 0.0598. The van der Waals surface area contributed by atoms with E-state index in [4.69, 9.17) is 16.1 Å². The number of nitrogens with zero attached hydrogens (tertiary/aromatic N) is 5. The summed E-state index contributed by atoms with van der Waals surface area (Å²) in [5, 5.41) is 7.64. The number of carbonyl (C=O) groups excluding carboxylic acids is 1. The maximum absolute atomic E-state index is 12.5. The second-order valence-electron chi connectivity index (χ2n) is 7.05. The van der Waals surface area contributed by atoms with Crippen LogP contribution in [0.2, 0.25) is 5.02 Å². The second-order valence-corrected chi connectivity index (χ2v) is 7.48. The number of benzene rings is 1. The van der Waals surface area contributed by atoms with Gasteiger partial charge in [0, 0.05) is 43.5 Å². The fraction of sp³-hybridized carbons (Fsp3) is 0.350. The van der Waals surface area contributed by atoms with E-state index in [1.807, 2.05) is 29.2 Å². The van der Waals surface area contributed by atoms with Crippen LogP contribution in [-0.4, -0.2) is 44.1 Å². The van der Waals surface area contributed by atoms with E-state index in [0.717, 1.165) is 24.9 Å². The molecule has 0 spiro atoms. The number of halogens is 1. The van der Waals surface area contributed by atoms with Gasteiger partial charge in [-0.1, -0.05) is 28.9 Å². The first-order valence-corrected chi connectivity index (χ1v) is 9.91. The Morgan fingerprint density at radius 2 is 2.14 bits per heavy atom. The number of urea groups is 1. The molecule has 0 saturated carbocycles. The Morgan fingerprint density at radius 1 is 1.28 bits per heavy atom. The smallest absolute Gasteiger partial charge is 0.317 e. The number of aromatic nitrogens is 4. The van der Waals surface area contributed by atoms with Crippen LogP contribution < -0.4 is 5.32 Å². The Bertz CT molecular complexity index is 947. The average Bonchev–Trinajstić information content (AvgIpc) is 3.22. The lowest BCUT2D eigenvalue weighted by Gasteiger charge is -2.32. The molecule has 0 aliphatic carbocycles. The van der Waals surface area contributed by atoms with Crippen LogP contribution in [0.5, 0.6) is 0 Å².